The first kappa shape index (κ1) is 27.0. The zero-order valence-corrected chi connectivity index (χ0v) is 22.6. The number of hydrogen-bond donors (Lipinski definition) is 2. The van der Waals surface area contributed by atoms with Gasteiger partial charge in [-0.1, -0.05) is 6.07 Å². The minimum absolute atomic E-state index is 0.0295. The van der Waals surface area contributed by atoms with Crippen molar-refractivity contribution in [2.24, 2.45) is 0 Å². The number of aryl methyl sites for hydroxylation is 3. The number of rotatable bonds is 9. The Morgan fingerprint density at radius 1 is 1.23 bits per heavy atom. The fourth-order valence-corrected chi connectivity index (χ4v) is 4.99. The Morgan fingerprint density at radius 2 is 2.02 bits per heavy atom. The molecule has 2 N–H and O–H groups in total. The van der Waals surface area contributed by atoms with Gasteiger partial charge in [0.05, 0.1) is 18.0 Å². The molecule has 206 valence electrons. The van der Waals surface area contributed by atoms with Gasteiger partial charge in [0.15, 0.2) is 23.2 Å². The predicted octanol–water partition coefficient (Wildman–Crippen LogP) is 3.94. The number of pyridine rings is 2. The highest BCUT2D eigenvalue weighted by molar-refractivity contribution is 5.88. The van der Waals surface area contributed by atoms with Crippen molar-refractivity contribution >= 4 is 23.2 Å². The average molecular weight is 544 g/mol. The monoisotopic (exact) mass is 543 g/mol. The summed E-state index contributed by atoms with van der Waals surface area (Å²) >= 11 is 0. The van der Waals surface area contributed by atoms with Crippen molar-refractivity contribution in [1.82, 2.24) is 29.9 Å². The molecule has 0 bridgehead atoms. The lowest BCUT2D eigenvalue weighted by molar-refractivity contribution is -0.143. The molecule has 1 saturated heterocycles. The van der Waals surface area contributed by atoms with Gasteiger partial charge in [-0.25, -0.2) is 19.0 Å². The fourth-order valence-electron chi connectivity index (χ4n) is 4.99. The third-order valence-electron chi connectivity index (χ3n) is 7.28. The van der Waals surface area contributed by atoms with Crippen LogP contribution >= 0.6 is 0 Å². The van der Waals surface area contributed by atoms with Crippen LogP contribution in [0.1, 0.15) is 41.6 Å². The number of halogens is 1. The Morgan fingerprint density at radius 3 is 2.62 bits per heavy atom. The topological polar surface area (TPSA) is 138 Å². The van der Waals surface area contributed by atoms with Gasteiger partial charge < -0.3 is 15.0 Å². The van der Waals surface area contributed by atoms with Crippen molar-refractivity contribution in [3.05, 3.63) is 71.1 Å². The van der Waals surface area contributed by atoms with E-state index in [0.717, 1.165) is 23.0 Å². The number of nitrogens with one attached hydrogen (secondary N) is 2. The highest BCUT2D eigenvalue weighted by Crippen LogP contribution is 2.33. The lowest BCUT2D eigenvalue weighted by Gasteiger charge is -2.40. The summed E-state index contributed by atoms with van der Waals surface area (Å²) in [4.78, 5) is 24.5. The Hall–Kier alpha value is -4.63. The number of nitriles is 1. The lowest BCUT2D eigenvalue weighted by atomic mass is 9.84. The molecule has 5 rings (SSSR count). The van der Waals surface area contributed by atoms with Gasteiger partial charge in [0.1, 0.15) is 23.3 Å². The van der Waals surface area contributed by atoms with Crippen molar-refractivity contribution in [1.29, 1.82) is 5.26 Å². The smallest absolute Gasteiger partial charge is 0.165 e. The number of H-pyrrole nitrogens is 1. The number of nitrogens with zero attached hydrogens (tertiary/aromatic N) is 7. The molecular weight excluding hydrogens is 513 g/mol. The first-order valence-corrected chi connectivity index (χ1v) is 13.0. The van der Waals surface area contributed by atoms with Crippen molar-refractivity contribution in [2.45, 2.75) is 45.1 Å². The molecule has 0 unspecified atom stereocenters. The number of Topliss-reactive ketones (excluding diaryl/α,β-unsaturated/α-hetero) is 1. The fraction of sp³-hybridized carbons (Fsp3) is 0.357. The molecule has 4 aromatic heterocycles. The highest BCUT2D eigenvalue weighted by Gasteiger charge is 2.41. The molecule has 0 saturated carbocycles. The zero-order valence-electron chi connectivity index (χ0n) is 22.6. The van der Waals surface area contributed by atoms with Gasteiger partial charge in [-0.3, -0.25) is 9.89 Å². The summed E-state index contributed by atoms with van der Waals surface area (Å²) in [5, 5.41) is 24.1. The molecule has 11 nitrogen and oxygen atoms in total. The number of carbonyl (C=O) groups is 1. The summed E-state index contributed by atoms with van der Waals surface area (Å²) in [6.07, 6.45) is 5.81. The number of anilines is 3. The van der Waals surface area contributed by atoms with Gasteiger partial charge >= 0.3 is 0 Å². The molecule has 1 aliphatic heterocycles. The number of ketones is 1. The van der Waals surface area contributed by atoms with Gasteiger partial charge in [-0.2, -0.15) is 15.5 Å². The van der Waals surface area contributed by atoms with Gasteiger partial charge in [0.25, 0.3) is 0 Å². The normalized spacial score (nSPS) is 14.6. The molecule has 1 aliphatic rings. The van der Waals surface area contributed by atoms with Crippen molar-refractivity contribution in [3.8, 4) is 11.9 Å². The molecule has 0 atom stereocenters. The van der Waals surface area contributed by atoms with Crippen LogP contribution in [0.5, 0.6) is 0 Å². The first-order valence-electron chi connectivity index (χ1n) is 13.0. The van der Waals surface area contributed by atoms with Crippen molar-refractivity contribution in [3.63, 3.8) is 0 Å². The first-order chi connectivity index (χ1) is 19.3. The van der Waals surface area contributed by atoms with E-state index in [1.54, 1.807) is 19.4 Å². The van der Waals surface area contributed by atoms with Crippen LogP contribution in [0.3, 0.4) is 0 Å². The van der Waals surface area contributed by atoms with E-state index in [0.29, 0.717) is 67.6 Å². The molecule has 5 heterocycles. The summed E-state index contributed by atoms with van der Waals surface area (Å²) in [5.41, 5.74) is 2.22. The van der Waals surface area contributed by atoms with Gasteiger partial charge in [-0.15, -0.1) is 0 Å². The third kappa shape index (κ3) is 5.55. The number of methoxy groups -OCH3 is 1. The molecule has 0 spiro atoms. The Labute approximate surface area is 231 Å². The molecule has 1 fully saturated rings. The molecule has 4 aromatic rings. The van der Waals surface area contributed by atoms with E-state index in [-0.39, 0.29) is 5.78 Å². The van der Waals surface area contributed by atoms with Crippen LogP contribution in [0.15, 0.2) is 42.9 Å². The number of ether oxygens (including phenoxy) is 1. The zero-order chi connectivity index (χ0) is 28.3. The maximum Gasteiger partial charge on any atom is 0.165 e. The van der Waals surface area contributed by atoms with Crippen LogP contribution in [0.2, 0.25) is 0 Å². The van der Waals surface area contributed by atoms with Crippen LogP contribution in [0.25, 0.3) is 5.82 Å². The number of piperidine rings is 1. The van der Waals surface area contributed by atoms with Crippen LogP contribution in [-0.2, 0) is 16.0 Å². The van der Waals surface area contributed by atoms with E-state index in [1.807, 2.05) is 36.9 Å². The second-order valence-electron chi connectivity index (χ2n) is 9.93. The number of aromatic amines is 1. The minimum atomic E-state index is -0.902. The summed E-state index contributed by atoms with van der Waals surface area (Å²) in [5.74, 6) is 1.91. The SMILES string of the molecule is COC1(C(=O)CCc2ccc(-n3cc(F)cn3)nc2)CCN(c2nc(Nc3cc(C)[nH]n3)cc(C)c2C#N)CC1. The number of aromatic nitrogens is 6. The lowest BCUT2D eigenvalue weighted by Crippen LogP contribution is -2.51. The van der Waals surface area contributed by atoms with Crippen LogP contribution < -0.4 is 10.2 Å². The Bertz CT molecular complexity index is 1550. The van der Waals surface area contributed by atoms with Crippen molar-refractivity contribution < 1.29 is 13.9 Å². The van der Waals surface area contributed by atoms with Gasteiger partial charge in [0.2, 0.25) is 0 Å². The summed E-state index contributed by atoms with van der Waals surface area (Å²) < 4.78 is 20.4. The minimum Gasteiger partial charge on any atom is -0.370 e. The van der Waals surface area contributed by atoms with E-state index in [9.17, 15) is 14.4 Å². The predicted molar refractivity (Wildman–Crippen MR) is 146 cm³/mol. The molecule has 0 aliphatic carbocycles. The standard InChI is InChI=1S/C28H30FN9O2/c1-18-12-24(33-25-13-19(2)35-36-25)34-27(22(18)14-30)37-10-8-28(40-3,9-11-37)23(39)6-4-20-5-7-26(31-15-20)38-17-21(29)16-32-38/h5,7,12-13,15-17H,4,6,8-11H2,1-3H3,(H2,33,34,35,36). The molecular formula is C28H30FN9O2. The van der Waals surface area contributed by atoms with E-state index < -0.39 is 11.4 Å². The second kappa shape index (κ2) is 11.2. The maximum absolute atomic E-state index is 13.4. The largest absolute Gasteiger partial charge is 0.370 e. The molecule has 12 heteroatoms. The van der Waals surface area contributed by atoms with Crippen LogP contribution in [-0.4, -0.2) is 61.5 Å². The summed E-state index contributed by atoms with van der Waals surface area (Å²) in [7, 11) is 1.58. The number of carbonyl (C=O) groups excluding carboxylic acids is 1. The molecule has 0 radical (unpaired) electrons. The van der Waals surface area contributed by atoms with E-state index in [1.165, 1.54) is 10.9 Å². The molecule has 40 heavy (non-hydrogen) atoms. The van der Waals surface area contributed by atoms with Crippen LogP contribution in [0, 0.1) is 31.0 Å². The van der Waals surface area contributed by atoms with Gasteiger partial charge in [0, 0.05) is 57.4 Å². The quantitative estimate of drug-likeness (QED) is 0.321. The van der Waals surface area contributed by atoms with E-state index in [2.05, 4.69) is 31.7 Å². The van der Waals surface area contributed by atoms with E-state index in [4.69, 9.17) is 9.72 Å². The Balaban J connectivity index is 1.24. The van der Waals surface area contributed by atoms with Crippen LogP contribution in [0.4, 0.5) is 21.8 Å². The summed E-state index contributed by atoms with van der Waals surface area (Å²) in [6.45, 7) is 4.83. The number of hydrogen-bond acceptors (Lipinski definition) is 9. The van der Waals surface area contributed by atoms with Gasteiger partial charge in [-0.05, 0) is 43.5 Å². The summed E-state index contributed by atoms with van der Waals surface area (Å²) in [6, 6.07) is 9.59. The highest BCUT2D eigenvalue weighted by atomic mass is 19.1. The Kier molecular flexibility index (Phi) is 7.57. The third-order valence-corrected chi connectivity index (χ3v) is 7.28. The molecule has 0 amide bonds. The maximum atomic E-state index is 13.4. The van der Waals surface area contributed by atoms with E-state index >= 15 is 0 Å². The average Bonchev–Trinajstić information content (AvgIpc) is 3.59. The van der Waals surface area contributed by atoms with Crippen molar-refractivity contribution in [2.75, 3.05) is 30.4 Å². The molecule has 0 aromatic carbocycles. The second-order valence-corrected chi connectivity index (χ2v) is 9.93.